The van der Waals surface area contributed by atoms with Crippen molar-refractivity contribution < 1.29 is 23.1 Å². The van der Waals surface area contributed by atoms with Crippen molar-refractivity contribution in [3.05, 3.63) is 11.2 Å². The zero-order chi connectivity index (χ0) is 15.5. The van der Waals surface area contributed by atoms with Crippen LogP contribution in [0.3, 0.4) is 0 Å². The van der Waals surface area contributed by atoms with E-state index in [1.54, 1.807) is 6.92 Å². The number of carboxylic acid groups (broad SMARTS) is 1. The first-order valence-corrected chi connectivity index (χ1v) is 8.91. The first kappa shape index (κ1) is 16.3. The summed E-state index contributed by atoms with van der Waals surface area (Å²) in [6.07, 6.45) is 2.45. The third kappa shape index (κ3) is 4.22. The number of piperidine rings is 1. The number of thiazole rings is 1. The van der Waals surface area contributed by atoms with E-state index in [0.29, 0.717) is 25.9 Å². The minimum absolute atomic E-state index is 0.0291. The number of aryl methyl sites for hydroxylation is 1. The molecule has 1 aromatic rings. The minimum Gasteiger partial charge on any atom is -0.481 e. The third-order valence-electron chi connectivity index (χ3n) is 3.26. The van der Waals surface area contributed by atoms with Crippen LogP contribution >= 0.6 is 11.3 Å². The van der Waals surface area contributed by atoms with Crippen molar-refractivity contribution in [2.24, 2.45) is 0 Å². The molecule has 118 valence electrons. The molecule has 2 heterocycles. The number of aliphatic carboxylic acids is 1. The molecule has 1 N–H and O–H groups in total. The number of rotatable bonds is 6. The van der Waals surface area contributed by atoms with Gasteiger partial charge in [0.2, 0.25) is 0 Å². The van der Waals surface area contributed by atoms with Gasteiger partial charge in [-0.05, 0) is 19.8 Å². The molecular formula is C12H18N2O5S2. The van der Waals surface area contributed by atoms with E-state index in [2.05, 4.69) is 4.98 Å². The Bertz CT molecular complexity index is 591. The van der Waals surface area contributed by atoms with Crippen LogP contribution < -0.4 is 0 Å². The van der Waals surface area contributed by atoms with E-state index in [-0.39, 0.29) is 23.3 Å². The summed E-state index contributed by atoms with van der Waals surface area (Å²) in [5.74, 6) is -0.893. The second kappa shape index (κ2) is 6.82. The molecule has 2 rings (SSSR count). The zero-order valence-corrected chi connectivity index (χ0v) is 13.3. The van der Waals surface area contributed by atoms with Gasteiger partial charge >= 0.3 is 5.97 Å². The van der Waals surface area contributed by atoms with Crippen LogP contribution in [0, 0.1) is 6.92 Å². The average Bonchev–Trinajstić information content (AvgIpc) is 2.86. The molecule has 0 aromatic carbocycles. The summed E-state index contributed by atoms with van der Waals surface area (Å²) in [6.45, 7) is 2.71. The smallest absolute Gasteiger partial charge is 0.305 e. The van der Waals surface area contributed by atoms with Gasteiger partial charge in [0.15, 0.2) is 4.21 Å². The Balaban J connectivity index is 1.87. The Morgan fingerprint density at radius 3 is 2.71 bits per heavy atom. The van der Waals surface area contributed by atoms with Gasteiger partial charge in [0.1, 0.15) is 0 Å². The predicted octanol–water partition coefficient (Wildman–Crippen LogP) is 1.10. The SMILES string of the molecule is Cc1ncc(S(=O)(=O)N2CCC(OCCC(=O)O)CC2)s1. The van der Waals surface area contributed by atoms with E-state index in [4.69, 9.17) is 9.84 Å². The molecule has 1 fully saturated rings. The van der Waals surface area contributed by atoms with Gasteiger partial charge < -0.3 is 9.84 Å². The lowest BCUT2D eigenvalue weighted by Gasteiger charge is -2.30. The van der Waals surface area contributed by atoms with Gasteiger partial charge in [-0.15, -0.1) is 11.3 Å². The highest BCUT2D eigenvalue weighted by Gasteiger charge is 2.31. The van der Waals surface area contributed by atoms with Crippen LogP contribution in [0.4, 0.5) is 0 Å². The van der Waals surface area contributed by atoms with E-state index in [1.165, 1.54) is 21.8 Å². The normalized spacial score (nSPS) is 18.0. The van der Waals surface area contributed by atoms with E-state index < -0.39 is 16.0 Å². The van der Waals surface area contributed by atoms with Crippen LogP contribution in [0.5, 0.6) is 0 Å². The van der Waals surface area contributed by atoms with Crippen LogP contribution in [-0.4, -0.2) is 54.6 Å². The van der Waals surface area contributed by atoms with Gasteiger partial charge in [-0.2, -0.15) is 4.31 Å². The topological polar surface area (TPSA) is 96.8 Å². The molecule has 0 radical (unpaired) electrons. The van der Waals surface area contributed by atoms with Gasteiger partial charge in [-0.25, -0.2) is 13.4 Å². The molecule has 1 saturated heterocycles. The van der Waals surface area contributed by atoms with Gasteiger partial charge in [-0.1, -0.05) is 0 Å². The highest BCUT2D eigenvalue weighted by molar-refractivity contribution is 7.91. The highest BCUT2D eigenvalue weighted by Crippen LogP contribution is 2.25. The molecule has 7 nitrogen and oxygen atoms in total. The summed E-state index contributed by atoms with van der Waals surface area (Å²) in [5.41, 5.74) is 0. The summed E-state index contributed by atoms with van der Waals surface area (Å²) in [4.78, 5) is 14.4. The van der Waals surface area contributed by atoms with Crippen LogP contribution in [0.2, 0.25) is 0 Å². The Labute approximate surface area is 127 Å². The van der Waals surface area contributed by atoms with Gasteiger partial charge in [0.05, 0.1) is 30.3 Å². The first-order chi connectivity index (χ1) is 9.89. The molecule has 0 unspecified atom stereocenters. The summed E-state index contributed by atoms with van der Waals surface area (Å²) >= 11 is 1.17. The molecule has 9 heteroatoms. The maximum absolute atomic E-state index is 12.4. The molecule has 0 saturated carbocycles. The monoisotopic (exact) mass is 334 g/mol. The molecule has 0 aliphatic carbocycles. The molecule has 0 bridgehead atoms. The highest BCUT2D eigenvalue weighted by atomic mass is 32.2. The number of carboxylic acids is 1. The van der Waals surface area contributed by atoms with Gasteiger partial charge in [-0.3, -0.25) is 4.79 Å². The molecule has 0 atom stereocenters. The van der Waals surface area contributed by atoms with Crippen molar-refractivity contribution in [2.75, 3.05) is 19.7 Å². The van der Waals surface area contributed by atoms with Gasteiger partial charge in [0.25, 0.3) is 10.0 Å². The Morgan fingerprint density at radius 2 is 2.19 bits per heavy atom. The third-order valence-corrected chi connectivity index (χ3v) is 6.51. The van der Waals surface area contributed by atoms with E-state index in [1.807, 2.05) is 0 Å². The maximum Gasteiger partial charge on any atom is 0.305 e. The number of carbonyl (C=O) groups is 1. The lowest BCUT2D eigenvalue weighted by Crippen LogP contribution is -2.40. The largest absolute Gasteiger partial charge is 0.481 e. The fourth-order valence-corrected chi connectivity index (χ4v) is 4.87. The number of sulfonamides is 1. The quantitative estimate of drug-likeness (QED) is 0.836. The second-order valence-corrected chi connectivity index (χ2v) is 8.22. The molecule has 0 amide bonds. The van der Waals surface area contributed by atoms with Crippen molar-refractivity contribution in [3.8, 4) is 0 Å². The van der Waals surface area contributed by atoms with Crippen molar-refractivity contribution in [1.82, 2.24) is 9.29 Å². The predicted molar refractivity (Wildman–Crippen MR) is 76.8 cm³/mol. The molecule has 0 spiro atoms. The lowest BCUT2D eigenvalue weighted by atomic mass is 10.1. The van der Waals surface area contributed by atoms with Crippen molar-refractivity contribution in [3.63, 3.8) is 0 Å². The summed E-state index contributed by atoms with van der Waals surface area (Å²) < 4.78 is 31.9. The van der Waals surface area contributed by atoms with Gasteiger partial charge in [0, 0.05) is 13.1 Å². The zero-order valence-electron chi connectivity index (χ0n) is 11.7. The molecule has 1 aliphatic rings. The Morgan fingerprint density at radius 1 is 1.52 bits per heavy atom. The fourth-order valence-electron chi connectivity index (χ4n) is 2.14. The molecule has 1 aliphatic heterocycles. The number of nitrogens with zero attached hydrogens (tertiary/aromatic N) is 2. The van der Waals surface area contributed by atoms with Crippen molar-refractivity contribution in [1.29, 1.82) is 0 Å². The van der Waals surface area contributed by atoms with E-state index in [9.17, 15) is 13.2 Å². The van der Waals surface area contributed by atoms with Crippen LogP contribution in [-0.2, 0) is 19.6 Å². The maximum atomic E-state index is 12.4. The van der Waals surface area contributed by atoms with Crippen molar-refractivity contribution >= 4 is 27.3 Å². The molecule has 21 heavy (non-hydrogen) atoms. The van der Waals surface area contributed by atoms with E-state index in [0.717, 1.165) is 5.01 Å². The number of ether oxygens (including phenoxy) is 1. The van der Waals surface area contributed by atoms with Crippen LogP contribution in [0.15, 0.2) is 10.4 Å². The van der Waals surface area contributed by atoms with Crippen LogP contribution in [0.25, 0.3) is 0 Å². The summed E-state index contributed by atoms with van der Waals surface area (Å²) in [7, 11) is -3.46. The Hall–Kier alpha value is -1.03. The summed E-state index contributed by atoms with van der Waals surface area (Å²) in [6, 6.07) is 0. The number of aromatic nitrogens is 1. The minimum atomic E-state index is -3.46. The van der Waals surface area contributed by atoms with Crippen molar-refractivity contribution in [2.45, 2.75) is 36.5 Å². The summed E-state index contributed by atoms with van der Waals surface area (Å²) in [5, 5.41) is 9.27. The number of hydrogen-bond acceptors (Lipinski definition) is 6. The number of hydrogen-bond donors (Lipinski definition) is 1. The first-order valence-electron chi connectivity index (χ1n) is 6.65. The van der Waals surface area contributed by atoms with Crippen LogP contribution in [0.1, 0.15) is 24.3 Å². The fraction of sp³-hybridized carbons (Fsp3) is 0.667. The van der Waals surface area contributed by atoms with E-state index >= 15 is 0 Å². The molecular weight excluding hydrogens is 316 g/mol. The average molecular weight is 334 g/mol. The second-order valence-electron chi connectivity index (χ2n) is 4.82. The Kier molecular flexibility index (Phi) is 5.31. The molecule has 1 aromatic heterocycles. The standard InChI is InChI=1S/C12H18N2O5S2/c1-9-13-8-12(20-9)21(17,18)14-5-2-10(3-6-14)19-7-4-11(15)16/h8,10H,2-7H2,1H3,(H,15,16). The lowest BCUT2D eigenvalue weighted by molar-refractivity contribution is -0.138.